The number of benzene rings is 1. The minimum absolute atomic E-state index is 0.659. The van der Waals surface area contributed by atoms with Crippen molar-refractivity contribution in [2.75, 3.05) is 6.26 Å². The van der Waals surface area contributed by atoms with Crippen LogP contribution in [0, 0.1) is 11.7 Å². The second-order valence-electron chi connectivity index (χ2n) is 4.33. The normalized spacial score (nSPS) is 11.3. The molecule has 2 heterocycles. The number of aromatic nitrogens is 5. The summed E-state index contributed by atoms with van der Waals surface area (Å²) in [6.07, 6.45) is 1.99. The molecule has 0 radical (unpaired) electrons. The third-order valence-corrected chi connectivity index (χ3v) is 3.90. The summed E-state index contributed by atoms with van der Waals surface area (Å²) in [7, 11) is 1.92. The lowest BCUT2D eigenvalue weighted by atomic mass is 10.2. The summed E-state index contributed by atoms with van der Waals surface area (Å²) in [5, 5.41) is 8.51. The van der Waals surface area contributed by atoms with E-state index < -0.39 is 0 Å². The van der Waals surface area contributed by atoms with E-state index in [-0.39, 0.29) is 0 Å². The maximum Gasteiger partial charge on any atom is 0.380 e. The van der Waals surface area contributed by atoms with Crippen molar-refractivity contribution < 1.29 is 4.57 Å². The van der Waals surface area contributed by atoms with Gasteiger partial charge in [0.1, 0.15) is 0 Å². The highest BCUT2D eigenvalue weighted by Gasteiger charge is 2.22. The Hall–Kier alpha value is -1.60. The molecule has 0 aliphatic heterocycles. The molecule has 7 heteroatoms. The largest absolute Gasteiger partial charge is 0.380 e. The number of hydrogen-bond donors (Lipinski definition) is 1. The summed E-state index contributed by atoms with van der Waals surface area (Å²) >= 11 is 7.00. The van der Waals surface area contributed by atoms with Gasteiger partial charge in [-0.25, -0.2) is 0 Å². The number of thioether (sulfide) groups is 1. The van der Waals surface area contributed by atoms with Crippen molar-refractivity contribution in [3.63, 3.8) is 0 Å². The lowest BCUT2D eigenvalue weighted by Crippen LogP contribution is -2.32. The van der Waals surface area contributed by atoms with Gasteiger partial charge in [0.15, 0.2) is 0 Å². The van der Waals surface area contributed by atoms with E-state index in [2.05, 4.69) is 41.4 Å². The second-order valence-corrected chi connectivity index (χ2v) is 5.49. The molecule has 5 nitrogen and oxygen atoms in total. The van der Waals surface area contributed by atoms with Crippen molar-refractivity contribution in [2.24, 2.45) is 7.05 Å². The Morgan fingerprint density at radius 3 is 2.63 bits per heavy atom. The Morgan fingerprint density at radius 1 is 1.32 bits per heavy atom. The van der Waals surface area contributed by atoms with Crippen LogP contribution in [-0.2, 0) is 7.05 Å². The lowest BCUT2D eigenvalue weighted by molar-refractivity contribution is -0.579. The first-order chi connectivity index (χ1) is 9.11. The molecule has 3 rings (SSSR count). The van der Waals surface area contributed by atoms with E-state index in [9.17, 15) is 0 Å². The minimum atomic E-state index is 0.659. The SMILES string of the molecule is CSc1nn(C)c2n1[nH]c(=S)[n+]2-c1ccc(C)cc1. The van der Waals surface area contributed by atoms with E-state index in [1.807, 2.05) is 27.1 Å². The summed E-state index contributed by atoms with van der Waals surface area (Å²) in [5.74, 6) is 0.915. The molecule has 0 spiro atoms. The smallest absolute Gasteiger partial charge is 0.178 e. The van der Waals surface area contributed by atoms with Crippen LogP contribution in [0.4, 0.5) is 0 Å². The average Bonchev–Trinajstić information content (AvgIpc) is 2.88. The lowest BCUT2D eigenvalue weighted by Gasteiger charge is -1.98. The monoisotopic (exact) mass is 292 g/mol. The highest BCUT2D eigenvalue weighted by molar-refractivity contribution is 7.98. The molecule has 2 aromatic heterocycles. The van der Waals surface area contributed by atoms with Crippen molar-refractivity contribution in [2.45, 2.75) is 12.1 Å². The van der Waals surface area contributed by atoms with Crippen molar-refractivity contribution in [3.05, 3.63) is 34.6 Å². The van der Waals surface area contributed by atoms with Gasteiger partial charge in [-0.15, -0.1) is 0 Å². The van der Waals surface area contributed by atoms with E-state index in [1.165, 1.54) is 5.56 Å². The zero-order valence-corrected chi connectivity index (χ0v) is 12.5. The summed E-state index contributed by atoms with van der Waals surface area (Å²) in [6, 6.07) is 8.27. The summed E-state index contributed by atoms with van der Waals surface area (Å²) in [5.41, 5.74) is 2.26. The number of nitrogens with zero attached hydrogens (tertiary/aromatic N) is 4. The van der Waals surface area contributed by atoms with Crippen molar-refractivity contribution >= 4 is 29.8 Å². The van der Waals surface area contributed by atoms with E-state index in [0.29, 0.717) is 4.77 Å². The van der Waals surface area contributed by atoms with E-state index >= 15 is 0 Å². The van der Waals surface area contributed by atoms with Gasteiger partial charge in [-0.3, -0.25) is 0 Å². The Labute approximate surface area is 119 Å². The molecule has 19 heavy (non-hydrogen) atoms. The Balaban J connectivity index is 2.34. The molecule has 0 unspecified atom stereocenters. The van der Waals surface area contributed by atoms with Crippen LogP contribution in [0.2, 0.25) is 0 Å². The maximum absolute atomic E-state index is 5.42. The summed E-state index contributed by atoms with van der Waals surface area (Å²) in [6.45, 7) is 2.07. The number of aryl methyl sites for hydroxylation is 2. The quantitative estimate of drug-likeness (QED) is 0.446. The molecule has 0 aliphatic carbocycles. The number of fused-ring (bicyclic) bond motifs is 1. The fourth-order valence-corrected chi connectivity index (χ4v) is 2.88. The first-order valence-electron chi connectivity index (χ1n) is 5.82. The molecule has 0 fully saturated rings. The van der Waals surface area contributed by atoms with Crippen LogP contribution < -0.4 is 4.57 Å². The second kappa shape index (κ2) is 4.50. The third-order valence-electron chi connectivity index (χ3n) is 3.00. The summed E-state index contributed by atoms with van der Waals surface area (Å²) in [4.78, 5) is 0. The van der Waals surface area contributed by atoms with Crippen LogP contribution in [0.5, 0.6) is 0 Å². The number of nitrogens with one attached hydrogen (secondary N) is 1. The van der Waals surface area contributed by atoms with Crippen LogP contribution in [-0.4, -0.2) is 25.7 Å². The van der Waals surface area contributed by atoms with Gasteiger partial charge in [0.25, 0.3) is 9.93 Å². The van der Waals surface area contributed by atoms with Crippen LogP contribution in [0.3, 0.4) is 0 Å². The average molecular weight is 292 g/mol. The number of rotatable bonds is 2. The fourth-order valence-electron chi connectivity index (χ4n) is 2.09. The van der Waals surface area contributed by atoms with E-state index in [4.69, 9.17) is 12.2 Å². The Morgan fingerprint density at radius 2 is 2.00 bits per heavy atom. The molecule has 1 aromatic carbocycles. The predicted molar refractivity (Wildman–Crippen MR) is 77.4 cm³/mol. The van der Waals surface area contributed by atoms with Crippen molar-refractivity contribution in [1.82, 2.24) is 19.4 Å². The van der Waals surface area contributed by atoms with Gasteiger partial charge < -0.3 is 0 Å². The fraction of sp³-hybridized carbons (Fsp3) is 0.250. The van der Waals surface area contributed by atoms with Gasteiger partial charge in [0.05, 0.1) is 12.7 Å². The molecule has 0 saturated carbocycles. The standard InChI is InChI=1S/C12H13N5S2/c1-8-4-6-9(7-5-8)16-10(18)13-17-11(19-3)14-15(2)12(16)17/h4-7H,1-3H3/p+1. The molecule has 0 atom stereocenters. The molecular weight excluding hydrogens is 278 g/mol. The molecule has 3 aromatic rings. The zero-order chi connectivity index (χ0) is 13.6. The highest BCUT2D eigenvalue weighted by Crippen LogP contribution is 2.14. The number of hydrogen-bond acceptors (Lipinski definition) is 3. The summed E-state index contributed by atoms with van der Waals surface area (Å²) < 4.78 is 6.39. The highest BCUT2D eigenvalue weighted by atomic mass is 32.2. The molecule has 0 aliphatic rings. The van der Waals surface area contributed by atoms with Gasteiger partial charge in [0.2, 0.25) is 0 Å². The maximum atomic E-state index is 5.42. The Bertz CT molecular complexity index is 794. The number of aromatic amines is 1. The minimum Gasteiger partial charge on any atom is -0.178 e. The zero-order valence-electron chi connectivity index (χ0n) is 10.9. The Kier molecular flexibility index (Phi) is 2.94. The van der Waals surface area contributed by atoms with Crippen LogP contribution in [0.15, 0.2) is 29.4 Å². The van der Waals surface area contributed by atoms with Gasteiger partial charge in [0, 0.05) is 0 Å². The molecule has 1 N–H and O–H groups in total. The molecule has 0 saturated heterocycles. The first kappa shape index (κ1) is 12.4. The van der Waals surface area contributed by atoms with Gasteiger partial charge in [-0.05, 0) is 37.5 Å². The van der Waals surface area contributed by atoms with Gasteiger partial charge in [-0.1, -0.05) is 39.1 Å². The third kappa shape index (κ3) is 1.89. The van der Waals surface area contributed by atoms with Crippen LogP contribution >= 0.6 is 24.0 Å². The van der Waals surface area contributed by atoms with Gasteiger partial charge >= 0.3 is 5.78 Å². The first-order valence-corrected chi connectivity index (χ1v) is 7.46. The molecular formula is C12H14N5S2+. The predicted octanol–water partition coefficient (Wildman–Crippen LogP) is 2.04. The van der Waals surface area contributed by atoms with Crippen molar-refractivity contribution in [3.8, 4) is 5.69 Å². The topological polar surface area (TPSA) is 41.9 Å². The van der Waals surface area contributed by atoms with Crippen LogP contribution in [0.1, 0.15) is 5.56 Å². The van der Waals surface area contributed by atoms with Gasteiger partial charge in [-0.2, -0.15) is 14.3 Å². The molecule has 0 bridgehead atoms. The van der Waals surface area contributed by atoms with Crippen molar-refractivity contribution in [1.29, 1.82) is 0 Å². The molecule has 98 valence electrons. The molecule has 0 amide bonds. The number of H-pyrrole nitrogens is 1. The van der Waals surface area contributed by atoms with E-state index in [0.717, 1.165) is 16.6 Å². The van der Waals surface area contributed by atoms with E-state index in [1.54, 1.807) is 11.8 Å². The van der Waals surface area contributed by atoms with Crippen LogP contribution in [0.25, 0.3) is 11.5 Å².